The van der Waals surface area contributed by atoms with E-state index in [0.29, 0.717) is 16.3 Å². The van der Waals surface area contributed by atoms with Gasteiger partial charge in [0, 0.05) is 42.2 Å². The SMILES string of the molecule is Cn1c(=O)c(-c2ccc(F)cc2Cl)cc2c3cc(-c4cnc(N)s4)ccc3n(C)c21. The lowest BCUT2D eigenvalue weighted by molar-refractivity contribution is 0.628. The van der Waals surface area contributed by atoms with Crippen LogP contribution in [0.4, 0.5) is 9.52 Å². The predicted octanol–water partition coefficient (Wildman–Crippen LogP) is 5.20. The summed E-state index contributed by atoms with van der Waals surface area (Å²) in [6, 6.07) is 12.0. The lowest BCUT2D eigenvalue weighted by Crippen LogP contribution is -2.20. The van der Waals surface area contributed by atoms with Crippen LogP contribution in [-0.4, -0.2) is 14.1 Å². The third-order valence-electron chi connectivity index (χ3n) is 5.38. The monoisotopic (exact) mass is 438 g/mol. The molecule has 0 aliphatic rings. The number of nitrogen functional groups attached to an aromatic ring is 1. The summed E-state index contributed by atoms with van der Waals surface area (Å²) in [6.45, 7) is 0. The van der Waals surface area contributed by atoms with Crippen molar-refractivity contribution in [1.82, 2.24) is 14.1 Å². The Morgan fingerprint density at radius 3 is 2.53 bits per heavy atom. The van der Waals surface area contributed by atoms with Crippen molar-refractivity contribution >= 4 is 50.0 Å². The zero-order valence-corrected chi connectivity index (χ0v) is 17.7. The molecule has 0 aliphatic heterocycles. The van der Waals surface area contributed by atoms with Crippen LogP contribution >= 0.6 is 22.9 Å². The lowest BCUT2D eigenvalue weighted by atomic mass is 10.0. The van der Waals surface area contributed by atoms with Crippen molar-refractivity contribution < 1.29 is 4.39 Å². The Morgan fingerprint density at radius 1 is 1.03 bits per heavy atom. The third-order valence-corrected chi connectivity index (χ3v) is 6.57. The molecule has 0 bridgehead atoms. The Balaban J connectivity index is 1.85. The Hall–Kier alpha value is -3.16. The average Bonchev–Trinajstić information content (AvgIpc) is 3.26. The van der Waals surface area contributed by atoms with E-state index in [1.807, 2.05) is 29.8 Å². The molecule has 0 saturated heterocycles. The van der Waals surface area contributed by atoms with Crippen molar-refractivity contribution in [2.24, 2.45) is 14.1 Å². The molecule has 0 amide bonds. The van der Waals surface area contributed by atoms with Gasteiger partial charge < -0.3 is 10.3 Å². The molecule has 3 aromatic heterocycles. The van der Waals surface area contributed by atoms with Gasteiger partial charge in [-0.2, -0.15) is 0 Å². The van der Waals surface area contributed by atoms with Gasteiger partial charge in [0.15, 0.2) is 5.13 Å². The van der Waals surface area contributed by atoms with E-state index < -0.39 is 5.82 Å². The van der Waals surface area contributed by atoms with E-state index in [1.165, 1.54) is 29.5 Å². The highest BCUT2D eigenvalue weighted by Gasteiger charge is 2.18. The van der Waals surface area contributed by atoms with E-state index in [2.05, 4.69) is 11.1 Å². The van der Waals surface area contributed by atoms with Crippen LogP contribution in [0.15, 0.2) is 53.5 Å². The maximum Gasteiger partial charge on any atom is 0.259 e. The van der Waals surface area contributed by atoms with Crippen molar-refractivity contribution in [3.8, 4) is 21.6 Å². The molecule has 3 heterocycles. The number of aromatic nitrogens is 3. The van der Waals surface area contributed by atoms with Gasteiger partial charge in [-0.05, 0) is 42.0 Å². The van der Waals surface area contributed by atoms with E-state index in [4.69, 9.17) is 17.3 Å². The summed E-state index contributed by atoms with van der Waals surface area (Å²) < 4.78 is 17.1. The molecule has 0 unspecified atom stereocenters. The van der Waals surface area contributed by atoms with Crippen molar-refractivity contribution in [2.75, 3.05) is 5.73 Å². The number of hydrogen-bond donors (Lipinski definition) is 1. The normalized spacial score (nSPS) is 11.6. The van der Waals surface area contributed by atoms with Gasteiger partial charge in [0.2, 0.25) is 0 Å². The van der Waals surface area contributed by atoms with Gasteiger partial charge in [-0.3, -0.25) is 9.36 Å². The topological polar surface area (TPSA) is 65.8 Å². The summed E-state index contributed by atoms with van der Waals surface area (Å²) in [6.07, 6.45) is 1.76. The highest BCUT2D eigenvalue weighted by Crippen LogP contribution is 2.36. The quantitative estimate of drug-likeness (QED) is 0.412. The molecular formula is C22H16ClFN4OS. The fraction of sp³-hybridized carbons (Fsp3) is 0.0909. The van der Waals surface area contributed by atoms with Crippen molar-refractivity contribution in [2.45, 2.75) is 0 Å². The molecule has 2 aromatic carbocycles. The fourth-order valence-electron chi connectivity index (χ4n) is 3.97. The molecule has 30 heavy (non-hydrogen) atoms. The van der Waals surface area contributed by atoms with Gasteiger partial charge in [0.05, 0.1) is 15.4 Å². The van der Waals surface area contributed by atoms with Crippen LogP contribution in [-0.2, 0) is 14.1 Å². The van der Waals surface area contributed by atoms with Gasteiger partial charge in [-0.1, -0.05) is 29.0 Å². The Bertz CT molecular complexity index is 1530. The number of anilines is 1. The minimum Gasteiger partial charge on any atom is -0.375 e. The van der Waals surface area contributed by atoms with E-state index in [0.717, 1.165) is 32.4 Å². The van der Waals surface area contributed by atoms with Crippen LogP contribution in [0.1, 0.15) is 0 Å². The maximum atomic E-state index is 13.5. The predicted molar refractivity (Wildman–Crippen MR) is 122 cm³/mol. The molecule has 0 fully saturated rings. The van der Waals surface area contributed by atoms with Crippen LogP contribution in [0.25, 0.3) is 43.5 Å². The maximum absolute atomic E-state index is 13.5. The summed E-state index contributed by atoms with van der Waals surface area (Å²) in [5, 5.41) is 2.61. The first-order chi connectivity index (χ1) is 14.3. The highest BCUT2D eigenvalue weighted by molar-refractivity contribution is 7.18. The summed E-state index contributed by atoms with van der Waals surface area (Å²) in [4.78, 5) is 18.2. The molecular weight excluding hydrogens is 423 g/mol. The highest BCUT2D eigenvalue weighted by atomic mass is 35.5. The minimum atomic E-state index is -0.444. The molecule has 5 aromatic rings. The van der Waals surface area contributed by atoms with Crippen molar-refractivity contribution in [3.63, 3.8) is 0 Å². The lowest BCUT2D eigenvalue weighted by Gasteiger charge is -2.09. The Morgan fingerprint density at radius 2 is 1.83 bits per heavy atom. The minimum absolute atomic E-state index is 0.197. The zero-order chi connectivity index (χ0) is 21.2. The number of aryl methyl sites for hydroxylation is 2. The second-order valence-electron chi connectivity index (χ2n) is 7.14. The van der Waals surface area contributed by atoms with E-state index in [9.17, 15) is 9.18 Å². The first kappa shape index (κ1) is 18.8. The Kier molecular flexibility index (Phi) is 4.20. The number of benzene rings is 2. The molecule has 0 spiro atoms. The summed E-state index contributed by atoms with van der Waals surface area (Å²) >= 11 is 7.68. The van der Waals surface area contributed by atoms with Crippen LogP contribution < -0.4 is 11.3 Å². The molecule has 0 radical (unpaired) electrons. The second kappa shape index (κ2) is 6.68. The van der Waals surface area contributed by atoms with Gasteiger partial charge in [0.25, 0.3) is 5.56 Å². The largest absolute Gasteiger partial charge is 0.375 e. The summed E-state index contributed by atoms with van der Waals surface area (Å²) in [5.74, 6) is -0.444. The number of pyridine rings is 1. The molecule has 5 rings (SSSR count). The number of hydrogen-bond acceptors (Lipinski definition) is 4. The second-order valence-corrected chi connectivity index (χ2v) is 8.61. The van der Waals surface area contributed by atoms with E-state index in [1.54, 1.807) is 17.8 Å². The first-order valence-electron chi connectivity index (χ1n) is 9.14. The van der Waals surface area contributed by atoms with Gasteiger partial charge in [-0.15, -0.1) is 0 Å². The van der Waals surface area contributed by atoms with Gasteiger partial charge in [0.1, 0.15) is 11.5 Å². The zero-order valence-electron chi connectivity index (χ0n) is 16.1. The van der Waals surface area contributed by atoms with E-state index in [-0.39, 0.29) is 10.6 Å². The van der Waals surface area contributed by atoms with Crippen LogP contribution in [0, 0.1) is 5.82 Å². The fourth-order valence-corrected chi connectivity index (χ4v) is 4.92. The number of nitrogens with two attached hydrogens (primary N) is 1. The molecule has 2 N–H and O–H groups in total. The molecule has 5 nitrogen and oxygen atoms in total. The van der Waals surface area contributed by atoms with E-state index >= 15 is 0 Å². The standard InChI is InChI=1S/C22H16ClFN4OS/c1-27-18-6-3-11(19-10-26-22(25)30-19)7-14(18)15-9-16(21(29)28(2)20(15)27)13-5-4-12(24)8-17(13)23/h3-10H,1-2H3,(H2,25,26). The summed E-state index contributed by atoms with van der Waals surface area (Å²) in [7, 11) is 3.66. The number of thiazole rings is 1. The average molecular weight is 439 g/mol. The smallest absolute Gasteiger partial charge is 0.259 e. The molecule has 0 aliphatic carbocycles. The Labute approximate surface area is 179 Å². The number of nitrogens with zero attached hydrogens (tertiary/aromatic N) is 3. The van der Waals surface area contributed by atoms with Gasteiger partial charge >= 0.3 is 0 Å². The molecule has 8 heteroatoms. The number of rotatable bonds is 2. The van der Waals surface area contributed by atoms with Crippen LogP contribution in [0.5, 0.6) is 0 Å². The first-order valence-corrected chi connectivity index (χ1v) is 10.3. The summed E-state index contributed by atoms with van der Waals surface area (Å²) in [5.41, 5.74) is 9.31. The van der Waals surface area contributed by atoms with Crippen LogP contribution in [0.3, 0.4) is 0 Å². The van der Waals surface area contributed by atoms with Crippen molar-refractivity contribution in [3.05, 3.63) is 69.9 Å². The molecule has 0 saturated carbocycles. The van der Waals surface area contributed by atoms with Crippen LogP contribution in [0.2, 0.25) is 5.02 Å². The van der Waals surface area contributed by atoms with Gasteiger partial charge in [-0.25, -0.2) is 9.37 Å². The third kappa shape index (κ3) is 2.74. The van der Waals surface area contributed by atoms with Crippen molar-refractivity contribution in [1.29, 1.82) is 0 Å². The number of halogens is 2. The number of fused-ring (bicyclic) bond motifs is 3. The molecule has 0 atom stereocenters. The molecule has 150 valence electrons.